The molecule has 72 valence electrons. The van der Waals surface area contributed by atoms with E-state index < -0.39 is 5.97 Å². The lowest BCUT2D eigenvalue weighted by Crippen LogP contribution is -1.99. The number of aliphatic carboxylic acids is 1. The summed E-state index contributed by atoms with van der Waals surface area (Å²) in [4.78, 5) is 11.8. The lowest BCUT2D eigenvalue weighted by Gasteiger charge is -1.90. The standard InChI is InChI=1S/C6H10O2.C3H9N/c1-2-3-4-5-6(7)8;1-4(2)3/h4-5H,2-3H2,1H3,(H,7,8);1-3H3. The second kappa shape index (κ2) is 10.2. The first-order valence-electron chi connectivity index (χ1n) is 4.01. The van der Waals surface area contributed by atoms with Crippen LogP contribution < -0.4 is 0 Å². The van der Waals surface area contributed by atoms with Gasteiger partial charge < -0.3 is 10.0 Å². The molecule has 3 heteroatoms. The zero-order chi connectivity index (χ0) is 9.98. The summed E-state index contributed by atoms with van der Waals surface area (Å²) >= 11 is 0. The number of rotatable bonds is 3. The molecule has 0 saturated carbocycles. The van der Waals surface area contributed by atoms with Crippen LogP contribution in [0.15, 0.2) is 12.2 Å². The third-order valence-electron chi connectivity index (χ3n) is 0.716. The Morgan fingerprint density at radius 2 is 1.83 bits per heavy atom. The number of hydrogen-bond acceptors (Lipinski definition) is 2. The maximum absolute atomic E-state index is 9.79. The van der Waals surface area contributed by atoms with Crippen molar-refractivity contribution in [2.45, 2.75) is 19.8 Å². The summed E-state index contributed by atoms with van der Waals surface area (Å²) in [6.45, 7) is 2.01. The van der Waals surface area contributed by atoms with Crippen LogP contribution in [0, 0.1) is 0 Å². The Kier molecular flexibility index (Phi) is 11.6. The van der Waals surface area contributed by atoms with Crippen molar-refractivity contribution in [3.05, 3.63) is 12.2 Å². The minimum atomic E-state index is -0.863. The van der Waals surface area contributed by atoms with E-state index in [-0.39, 0.29) is 0 Å². The molecule has 1 N–H and O–H groups in total. The highest BCUT2D eigenvalue weighted by molar-refractivity contribution is 5.79. The monoisotopic (exact) mass is 173 g/mol. The van der Waals surface area contributed by atoms with Crippen LogP contribution in [0.4, 0.5) is 0 Å². The van der Waals surface area contributed by atoms with Crippen molar-refractivity contribution in [3.8, 4) is 0 Å². The van der Waals surface area contributed by atoms with Crippen LogP contribution in [0.5, 0.6) is 0 Å². The number of carboxylic acid groups (broad SMARTS) is 1. The topological polar surface area (TPSA) is 40.5 Å². The Morgan fingerprint density at radius 3 is 2.08 bits per heavy atom. The largest absolute Gasteiger partial charge is 0.478 e. The van der Waals surface area contributed by atoms with Gasteiger partial charge >= 0.3 is 5.97 Å². The van der Waals surface area contributed by atoms with Crippen LogP contribution in [0.3, 0.4) is 0 Å². The van der Waals surface area contributed by atoms with Crippen molar-refractivity contribution in [1.82, 2.24) is 4.90 Å². The maximum Gasteiger partial charge on any atom is 0.327 e. The van der Waals surface area contributed by atoms with Gasteiger partial charge in [-0.15, -0.1) is 0 Å². The highest BCUT2D eigenvalue weighted by atomic mass is 16.4. The van der Waals surface area contributed by atoms with Gasteiger partial charge in [0.1, 0.15) is 0 Å². The SMILES string of the molecule is CCCC=CC(=O)O.CN(C)C. The van der Waals surface area contributed by atoms with Crippen molar-refractivity contribution in [2.24, 2.45) is 0 Å². The van der Waals surface area contributed by atoms with E-state index in [0.29, 0.717) is 0 Å². The molecule has 0 rings (SSSR count). The Labute approximate surface area is 74.7 Å². The van der Waals surface area contributed by atoms with Crippen molar-refractivity contribution < 1.29 is 9.90 Å². The van der Waals surface area contributed by atoms with Crippen molar-refractivity contribution in [2.75, 3.05) is 21.1 Å². The molecule has 0 aliphatic carbocycles. The lowest BCUT2D eigenvalue weighted by atomic mass is 10.3. The molecule has 0 unspecified atom stereocenters. The predicted octanol–water partition coefficient (Wildman–Crippen LogP) is 1.61. The van der Waals surface area contributed by atoms with Gasteiger partial charge in [0.25, 0.3) is 0 Å². The zero-order valence-corrected chi connectivity index (χ0v) is 8.37. The fourth-order valence-electron chi connectivity index (χ4n) is 0.351. The van der Waals surface area contributed by atoms with Crippen molar-refractivity contribution in [1.29, 1.82) is 0 Å². The van der Waals surface area contributed by atoms with Gasteiger partial charge in [0.2, 0.25) is 0 Å². The summed E-state index contributed by atoms with van der Waals surface area (Å²) in [5.74, 6) is -0.863. The highest BCUT2D eigenvalue weighted by Crippen LogP contribution is 1.86. The van der Waals surface area contributed by atoms with Gasteiger partial charge in [-0.1, -0.05) is 19.4 Å². The van der Waals surface area contributed by atoms with Gasteiger partial charge in [0.15, 0.2) is 0 Å². The van der Waals surface area contributed by atoms with E-state index in [1.54, 1.807) is 6.08 Å². The fourth-order valence-corrected chi connectivity index (χ4v) is 0.351. The molecule has 0 aromatic heterocycles. The maximum atomic E-state index is 9.79. The number of unbranched alkanes of at least 4 members (excludes halogenated alkanes) is 1. The molecule has 0 atom stereocenters. The average Bonchev–Trinajstić information content (AvgIpc) is 1.86. The molecule has 0 aromatic carbocycles. The third kappa shape index (κ3) is 35.2. The lowest BCUT2D eigenvalue weighted by molar-refractivity contribution is -0.131. The molecular formula is C9H19NO2. The Morgan fingerprint density at radius 1 is 1.42 bits per heavy atom. The number of hydrogen-bond donors (Lipinski definition) is 1. The van der Waals surface area contributed by atoms with E-state index in [9.17, 15) is 4.79 Å². The molecule has 0 radical (unpaired) electrons. The van der Waals surface area contributed by atoms with E-state index >= 15 is 0 Å². The molecule has 0 amide bonds. The summed E-state index contributed by atoms with van der Waals surface area (Å²) in [6, 6.07) is 0. The molecule has 0 heterocycles. The van der Waals surface area contributed by atoms with Gasteiger partial charge in [0.05, 0.1) is 0 Å². The smallest absolute Gasteiger partial charge is 0.327 e. The molecule has 3 nitrogen and oxygen atoms in total. The van der Waals surface area contributed by atoms with E-state index in [4.69, 9.17) is 5.11 Å². The molecule has 12 heavy (non-hydrogen) atoms. The Bertz CT molecular complexity index is 128. The predicted molar refractivity (Wildman–Crippen MR) is 51.3 cm³/mol. The van der Waals surface area contributed by atoms with Crippen molar-refractivity contribution in [3.63, 3.8) is 0 Å². The quantitative estimate of drug-likeness (QED) is 0.659. The summed E-state index contributed by atoms with van der Waals surface area (Å²) in [5, 5.41) is 8.05. The van der Waals surface area contributed by atoms with Gasteiger partial charge in [-0.25, -0.2) is 4.79 Å². The van der Waals surface area contributed by atoms with Crippen LogP contribution >= 0.6 is 0 Å². The zero-order valence-electron chi connectivity index (χ0n) is 8.37. The average molecular weight is 173 g/mol. The fraction of sp³-hybridized carbons (Fsp3) is 0.667. The first kappa shape index (κ1) is 13.7. The first-order valence-corrected chi connectivity index (χ1v) is 4.01. The van der Waals surface area contributed by atoms with Crippen LogP contribution in [-0.2, 0) is 4.79 Å². The van der Waals surface area contributed by atoms with Gasteiger partial charge in [-0.05, 0) is 27.6 Å². The van der Waals surface area contributed by atoms with E-state index in [2.05, 4.69) is 0 Å². The Balaban J connectivity index is 0. The molecule has 0 aliphatic heterocycles. The molecule has 0 aromatic rings. The van der Waals surface area contributed by atoms with Gasteiger partial charge in [-0.3, -0.25) is 0 Å². The van der Waals surface area contributed by atoms with Crippen LogP contribution in [0.1, 0.15) is 19.8 Å². The molecule has 0 saturated heterocycles. The van der Waals surface area contributed by atoms with Crippen molar-refractivity contribution >= 4 is 5.97 Å². The molecule has 0 spiro atoms. The summed E-state index contributed by atoms with van der Waals surface area (Å²) in [5.41, 5.74) is 0. The molecule has 0 aliphatic rings. The normalized spacial score (nSPS) is 9.75. The third-order valence-corrected chi connectivity index (χ3v) is 0.716. The molecule has 0 fully saturated rings. The van der Waals surface area contributed by atoms with E-state index in [0.717, 1.165) is 12.8 Å². The number of carbonyl (C=O) groups is 1. The minimum absolute atomic E-state index is 0.853. The highest BCUT2D eigenvalue weighted by Gasteiger charge is 1.81. The van der Waals surface area contributed by atoms with E-state index in [1.807, 2.05) is 33.0 Å². The number of allylic oxidation sites excluding steroid dienone is 1. The van der Waals surface area contributed by atoms with Crippen LogP contribution in [-0.4, -0.2) is 37.1 Å². The van der Waals surface area contributed by atoms with Gasteiger partial charge in [0, 0.05) is 6.08 Å². The summed E-state index contributed by atoms with van der Waals surface area (Å²) in [6.07, 6.45) is 4.68. The summed E-state index contributed by atoms with van der Waals surface area (Å²) in [7, 11) is 6.00. The molecule has 0 bridgehead atoms. The number of carboxylic acids is 1. The first-order chi connectivity index (χ1) is 5.50. The second-order valence-electron chi connectivity index (χ2n) is 2.87. The van der Waals surface area contributed by atoms with Crippen LogP contribution in [0.2, 0.25) is 0 Å². The summed E-state index contributed by atoms with van der Waals surface area (Å²) < 4.78 is 0. The number of nitrogens with zero attached hydrogens (tertiary/aromatic N) is 1. The second-order valence-corrected chi connectivity index (χ2v) is 2.87. The van der Waals surface area contributed by atoms with E-state index in [1.165, 1.54) is 6.08 Å². The Hall–Kier alpha value is -0.830. The minimum Gasteiger partial charge on any atom is -0.478 e. The van der Waals surface area contributed by atoms with Gasteiger partial charge in [-0.2, -0.15) is 0 Å². The molecular weight excluding hydrogens is 154 g/mol. The van der Waals surface area contributed by atoms with Crippen LogP contribution in [0.25, 0.3) is 0 Å².